The van der Waals surface area contributed by atoms with Gasteiger partial charge in [0.25, 0.3) is 5.91 Å². The quantitative estimate of drug-likeness (QED) is 0.917. The first-order chi connectivity index (χ1) is 9.81. The molecule has 1 amide bonds. The van der Waals surface area contributed by atoms with Crippen molar-refractivity contribution < 1.29 is 4.79 Å². The van der Waals surface area contributed by atoms with Crippen molar-refractivity contribution >= 4 is 38.0 Å². The second-order valence-corrected chi connectivity index (χ2v) is 7.44. The zero-order chi connectivity index (χ0) is 13.5. The number of hydrogen-bond acceptors (Lipinski definition) is 5. The number of carbonyl (C=O) groups is 1. The van der Waals surface area contributed by atoms with E-state index in [1.165, 1.54) is 9.40 Å². The lowest BCUT2D eigenvalue weighted by Gasteiger charge is -2.46. The number of rotatable bonds is 2. The first kappa shape index (κ1) is 12.8. The normalized spacial score (nSPS) is 21.3. The van der Waals surface area contributed by atoms with Gasteiger partial charge in [0.2, 0.25) is 0 Å². The molecule has 0 spiro atoms. The van der Waals surface area contributed by atoms with Crippen molar-refractivity contribution in [2.75, 3.05) is 39.3 Å². The minimum Gasteiger partial charge on any atom is -0.335 e. The molecule has 4 nitrogen and oxygen atoms in total. The molecule has 0 atom stereocenters. The molecule has 0 aromatic carbocycles. The van der Waals surface area contributed by atoms with Crippen molar-refractivity contribution in [3.05, 3.63) is 22.4 Å². The van der Waals surface area contributed by atoms with Crippen LogP contribution >= 0.6 is 22.7 Å². The second-order valence-electron chi connectivity index (χ2n) is 5.41. The van der Waals surface area contributed by atoms with Crippen LogP contribution in [0, 0.1) is 0 Å². The summed E-state index contributed by atoms with van der Waals surface area (Å²) in [5, 5.41) is 5.45. The highest BCUT2D eigenvalue weighted by Crippen LogP contribution is 2.31. The minimum absolute atomic E-state index is 0.213. The lowest BCUT2D eigenvalue weighted by atomic mass is 10.1. The summed E-state index contributed by atoms with van der Waals surface area (Å²) >= 11 is 3.33. The van der Waals surface area contributed by atoms with Crippen LogP contribution in [0.5, 0.6) is 0 Å². The Labute approximate surface area is 126 Å². The summed E-state index contributed by atoms with van der Waals surface area (Å²) in [4.78, 5) is 17.8. The fourth-order valence-electron chi connectivity index (χ4n) is 2.93. The van der Waals surface area contributed by atoms with Crippen molar-refractivity contribution in [3.8, 4) is 0 Å². The maximum absolute atomic E-state index is 12.4. The van der Waals surface area contributed by atoms with Gasteiger partial charge in [0.1, 0.15) is 0 Å². The van der Waals surface area contributed by atoms with Crippen molar-refractivity contribution in [2.45, 2.75) is 6.04 Å². The highest BCUT2D eigenvalue weighted by molar-refractivity contribution is 7.27. The summed E-state index contributed by atoms with van der Waals surface area (Å²) in [6, 6.07) is 4.72. The number of amides is 1. The Balaban J connectivity index is 1.40. The summed E-state index contributed by atoms with van der Waals surface area (Å²) in [6.45, 7) is 6.16. The molecule has 0 bridgehead atoms. The van der Waals surface area contributed by atoms with Crippen LogP contribution in [-0.4, -0.2) is 61.0 Å². The molecule has 4 heterocycles. The van der Waals surface area contributed by atoms with E-state index in [9.17, 15) is 4.79 Å². The molecule has 2 aliphatic heterocycles. The zero-order valence-corrected chi connectivity index (χ0v) is 12.8. The van der Waals surface area contributed by atoms with Crippen molar-refractivity contribution in [1.29, 1.82) is 0 Å². The zero-order valence-electron chi connectivity index (χ0n) is 11.2. The molecule has 1 N–H and O–H groups in total. The standard InChI is InChI=1S/C14H17N3OS2/c18-14(13-7-12-11(20-13)1-6-19-12)17-8-10(9-17)16-4-2-15-3-5-16/h1,6-7,10,15H,2-5,8-9H2. The van der Waals surface area contributed by atoms with Crippen molar-refractivity contribution in [1.82, 2.24) is 15.1 Å². The molecule has 0 saturated carbocycles. The van der Waals surface area contributed by atoms with Gasteiger partial charge in [-0.1, -0.05) is 0 Å². The maximum Gasteiger partial charge on any atom is 0.264 e. The largest absolute Gasteiger partial charge is 0.335 e. The van der Waals surface area contributed by atoms with E-state index in [1.807, 2.05) is 11.0 Å². The van der Waals surface area contributed by atoms with Gasteiger partial charge < -0.3 is 10.2 Å². The molecule has 4 rings (SSSR count). The van der Waals surface area contributed by atoms with E-state index in [-0.39, 0.29) is 5.91 Å². The third kappa shape index (κ3) is 2.16. The van der Waals surface area contributed by atoms with E-state index in [4.69, 9.17) is 0 Å². The van der Waals surface area contributed by atoms with Crippen molar-refractivity contribution in [3.63, 3.8) is 0 Å². The molecule has 20 heavy (non-hydrogen) atoms. The number of fused-ring (bicyclic) bond motifs is 1. The Morgan fingerprint density at radius 2 is 2.05 bits per heavy atom. The Morgan fingerprint density at radius 1 is 1.25 bits per heavy atom. The lowest BCUT2D eigenvalue weighted by molar-refractivity contribution is 0.0231. The molecule has 0 radical (unpaired) electrons. The average molecular weight is 307 g/mol. The van der Waals surface area contributed by atoms with Crippen LogP contribution in [-0.2, 0) is 0 Å². The Hall–Kier alpha value is -0.950. The highest BCUT2D eigenvalue weighted by atomic mass is 32.1. The molecular formula is C14H17N3OS2. The van der Waals surface area contributed by atoms with Crippen LogP contribution in [0.25, 0.3) is 9.40 Å². The fraction of sp³-hybridized carbons (Fsp3) is 0.500. The monoisotopic (exact) mass is 307 g/mol. The van der Waals surface area contributed by atoms with E-state index < -0.39 is 0 Å². The molecule has 106 valence electrons. The van der Waals surface area contributed by atoms with Crippen LogP contribution in [0.15, 0.2) is 17.5 Å². The SMILES string of the molecule is O=C(c1cc2sccc2s1)N1CC(N2CCNCC2)C1. The predicted octanol–water partition coefficient (Wildman–Crippen LogP) is 1.69. The number of nitrogens with one attached hydrogen (secondary N) is 1. The topological polar surface area (TPSA) is 35.6 Å². The van der Waals surface area contributed by atoms with E-state index in [2.05, 4.69) is 21.7 Å². The Kier molecular flexibility index (Phi) is 3.26. The summed E-state index contributed by atoms with van der Waals surface area (Å²) in [6.07, 6.45) is 0. The summed E-state index contributed by atoms with van der Waals surface area (Å²) < 4.78 is 2.47. The van der Waals surface area contributed by atoms with Crippen LogP contribution in [0.3, 0.4) is 0 Å². The molecule has 2 saturated heterocycles. The number of nitrogens with zero attached hydrogens (tertiary/aromatic N) is 2. The third-order valence-electron chi connectivity index (χ3n) is 4.17. The van der Waals surface area contributed by atoms with Gasteiger partial charge in [-0.2, -0.15) is 0 Å². The van der Waals surface area contributed by atoms with Gasteiger partial charge in [-0.15, -0.1) is 22.7 Å². The van der Waals surface area contributed by atoms with Crippen LogP contribution in [0.1, 0.15) is 9.67 Å². The molecule has 6 heteroatoms. The molecule has 2 fully saturated rings. The molecule has 2 aliphatic rings. The van der Waals surface area contributed by atoms with Gasteiger partial charge in [0.15, 0.2) is 0 Å². The smallest absolute Gasteiger partial charge is 0.264 e. The van der Waals surface area contributed by atoms with Gasteiger partial charge in [-0.3, -0.25) is 9.69 Å². The molecular weight excluding hydrogens is 290 g/mol. The first-order valence-electron chi connectivity index (χ1n) is 7.02. The number of likely N-dealkylation sites (tertiary alicyclic amines) is 1. The maximum atomic E-state index is 12.4. The van der Waals surface area contributed by atoms with Crippen LogP contribution < -0.4 is 5.32 Å². The van der Waals surface area contributed by atoms with E-state index in [0.29, 0.717) is 6.04 Å². The summed E-state index contributed by atoms with van der Waals surface area (Å²) in [5.41, 5.74) is 0. The third-order valence-corrected chi connectivity index (χ3v) is 6.25. The number of piperazine rings is 1. The minimum atomic E-state index is 0.213. The van der Waals surface area contributed by atoms with Crippen molar-refractivity contribution in [2.24, 2.45) is 0 Å². The highest BCUT2D eigenvalue weighted by Gasteiger charge is 2.35. The predicted molar refractivity (Wildman–Crippen MR) is 83.8 cm³/mol. The van der Waals surface area contributed by atoms with E-state index >= 15 is 0 Å². The Bertz CT molecular complexity index is 595. The van der Waals surface area contributed by atoms with Gasteiger partial charge in [0.05, 0.1) is 4.88 Å². The molecule has 0 aliphatic carbocycles. The van der Waals surface area contributed by atoms with Gasteiger partial charge in [-0.05, 0) is 17.5 Å². The van der Waals surface area contributed by atoms with Gasteiger partial charge in [0, 0.05) is 54.7 Å². The second kappa shape index (κ2) is 5.11. The number of carbonyl (C=O) groups excluding carboxylic acids is 1. The van der Waals surface area contributed by atoms with Gasteiger partial charge >= 0.3 is 0 Å². The number of thiophene rings is 2. The van der Waals surface area contributed by atoms with Crippen LogP contribution in [0.2, 0.25) is 0 Å². The first-order valence-corrected chi connectivity index (χ1v) is 8.72. The average Bonchev–Trinajstić information content (AvgIpc) is 2.98. The summed E-state index contributed by atoms with van der Waals surface area (Å²) in [5.74, 6) is 0.213. The lowest BCUT2D eigenvalue weighted by Crippen LogP contribution is -2.63. The number of hydrogen-bond donors (Lipinski definition) is 1. The van der Waals surface area contributed by atoms with E-state index in [1.54, 1.807) is 22.7 Å². The fourth-order valence-corrected chi connectivity index (χ4v) is 5.00. The van der Waals surface area contributed by atoms with Crippen LogP contribution in [0.4, 0.5) is 0 Å². The van der Waals surface area contributed by atoms with E-state index in [0.717, 1.165) is 44.1 Å². The molecule has 2 aromatic heterocycles. The Morgan fingerprint density at radius 3 is 2.80 bits per heavy atom. The summed E-state index contributed by atoms with van der Waals surface area (Å²) in [7, 11) is 0. The molecule has 2 aromatic rings. The van der Waals surface area contributed by atoms with Gasteiger partial charge in [-0.25, -0.2) is 0 Å². The molecule has 0 unspecified atom stereocenters.